The van der Waals surface area contributed by atoms with Gasteiger partial charge >= 0.3 is 6.03 Å². The molecule has 70 valence electrons. The lowest BCUT2D eigenvalue weighted by molar-refractivity contribution is 0.246. The fourth-order valence-electron chi connectivity index (χ4n) is 1.07. The molecule has 4 heteroatoms. The SMILES string of the molecule is NC(=O)NC(CBr)c1ccccc1. The van der Waals surface area contributed by atoms with E-state index in [1.807, 2.05) is 30.3 Å². The molecule has 0 saturated carbocycles. The van der Waals surface area contributed by atoms with Gasteiger partial charge in [-0.1, -0.05) is 46.3 Å². The van der Waals surface area contributed by atoms with Crippen molar-refractivity contribution >= 4 is 22.0 Å². The number of carbonyl (C=O) groups is 1. The van der Waals surface area contributed by atoms with Crippen molar-refractivity contribution in [1.29, 1.82) is 0 Å². The van der Waals surface area contributed by atoms with E-state index >= 15 is 0 Å². The maximum absolute atomic E-state index is 10.6. The topological polar surface area (TPSA) is 55.1 Å². The Labute approximate surface area is 85.4 Å². The molecule has 0 aliphatic heterocycles. The second-order valence-electron chi connectivity index (χ2n) is 2.63. The van der Waals surface area contributed by atoms with Gasteiger partial charge < -0.3 is 11.1 Å². The summed E-state index contributed by atoms with van der Waals surface area (Å²) in [5, 5.41) is 3.29. The van der Waals surface area contributed by atoms with Crippen molar-refractivity contribution in [2.75, 3.05) is 5.33 Å². The average Bonchev–Trinajstić information content (AvgIpc) is 2.15. The van der Waals surface area contributed by atoms with Crippen LogP contribution in [0.3, 0.4) is 0 Å². The number of hydrogen-bond acceptors (Lipinski definition) is 1. The molecule has 1 aromatic rings. The Hall–Kier alpha value is -1.03. The first-order valence-corrected chi connectivity index (χ1v) is 5.03. The van der Waals surface area contributed by atoms with Gasteiger partial charge in [0.15, 0.2) is 0 Å². The number of benzene rings is 1. The third-order valence-electron chi connectivity index (χ3n) is 1.67. The van der Waals surface area contributed by atoms with Crippen LogP contribution in [-0.4, -0.2) is 11.4 Å². The molecule has 13 heavy (non-hydrogen) atoms. The van der Waals surface area contributed by atoms with E-state index in [9.17, 15) is 4.79 Å². The molecule has 0 bridgehead atoms. The Kier molecular flexibility index (Phi) is 3.76. The van der Waals surface area contributed by atoms with Gasteiger partial charge in [-0.2, -0.15) is 0 Å². The number of nitrogens with two attached hydrogens (primary N) is 1. The summed E-state index contributed by atoms with van der Waals surface area (Å²) in [6.45, 7) is 0. The third-order valence-corrected chi connectivity index (χ3v) is 2.32. The lowest BCUT2D eigenvalue weighted by Crippen LogP contribution is -2.33. The predicted molar refractivity (Wildman–Crippen MR) is 55.7 cm³/mol. The number of nitrogens with one attached hydrogen (secondary N) is 1. The van der Waals surface area contributed by atoms with Crippen LogP contribution in [-0.2, 0) is 0 Å². The van der Waals surface area contributed by atoms with E-state index in [1.54, 1.807) is 0 Å². The van der Waals surface area contributed by atoms with Crippen molar-refractivity contribution in [3.8, 4) is 0 Å². The molecule has 1 atom stereocenters. The molecule has 0 spiro atoms. The molecule has 3 nitrogen and oxygen atoms in total. The van der Waals surface area contributed by atoms with Gasteiger partial charge in [-0.15, -0.1) is 0 Å². The highest BCUT2D eigenvalue weighted by atomic mass is 79.9. The van der Waals surface area contributed by atoms with Gasteiger partial charge in [0.25, 0.3) is 0 Å². The number of alkyl halides is 1. The van der Waals surface area contributed by atoms with Gasteiger partial charge in [0.1, 0.15) is 0 Å². The summed E-state index contributed by atoms with van der Waals surface area (Å²) in [7, 11) is 0. The number of carbonyl (C=O) groups excluding carboxylic acids is 1. The summed E-state index contributed by atoms with van der Waals surface area (Å²) in [6.07, 6.45) is 0. The summed E-state index contributed by atoms with van der Waals surface area (Å²) >= 11 is 3.31. The van der Waals surface area contributed by atoms with Crippen LogP contribution >= 0.6 is 15.9 Å². The predicted octanol–water partition coefficient (Wildman–Crippen LogP) is 1.79. The molecule has 0 radical (unpaired) electrons. The maximum Gasteiger partial charge on any atom is 0.312 e. The van der Waals surface area contributed by atoms with Crippen molar-refractivity contribution in [2.45, 2.75) is 6.04 Å². The molecule has 0 heterocycles. The van der Waals surface area contributed by atoms with E-state index in [-0.39, 0.29) is 6.04 Å². The molecule has 3 N–H and O–H groups in total. The minimum Gasteiger partial charge on any atom is -0.352 e. The molecule has 0 aliphatic carbocycles. The van der Waals surface area contributed by atoms with Gasteiger partial charge in [-0.3, -0.25) is 0 Å². The van der Waals surface area contributed by atoms with E-state index < -0.39 is 6.03 Å². The van der Waals surface area contributed by atoms with Crippen LogP contribution in [0.1, 0.15) is 11.6 Å². The quantitative estimate of drug-likeness (QED) is 0.781. The van der Waals surface area contributed by atoms with Crippen molar-refractivity contribution in [3.63, 3.8) is 0 Å². The molecule has 0 saturated heterocycles. The van der Waals surface area contributed by atoms with Crippen molar-refractivity contribution in [1.82, 2.24) is 5.32 Å². The Morgan fingerprint density at radius 3 is 2.54 bits per heavy atom. The zero-order chi connectivity index (χ0) is 9.68. The second-order valence-corrected chi connectivity index (χ2v) is 3.27. The van der Waals surface area contributed by atoms with E-state index in [2.05, 4.69) is 21.2 Å². The Morgan fingerprint density at radius 2 is 2.08 bits per heavy atom. The Balaban J connectivity index is 2.73. The van der Waals surface area contributed by atoms with Crippen LogP contribution in [0.15, 0.2) is 30.3 Å². The summed E-state index contributed by atoms with van der Waals surface area (Å²) in [5.41, 5.74) is 6.08. The molecule has 0 aromatic heterocycles. The number of amides is 2. The van der Waals surface area contributed by atoms with Gasteiger partial charge in [0.05, 0.1) is 6.04 Å². The molecule has 1 unspecified atom stereocenters. The first-order valence-electron chi connectivity index (χ1n) is 3.91. The van der Waals surface area contributed by atoms with E-state index in [1.165, 1.54) is 0 Å². The summed E-state index contributed by atoms with van der Waals surface area (Å²) in [6, 6.07) is 9.11. The summed E-state index contributed by atoms with van der Waals surface area (Å²) in [4.78, 5) is 10.6. The molecular formula is C9H11BrN2O. The van der Waals surface area contributed by atoms with E-state index in [0.717, 1.165) is 5.56 Å². The van der Waals surface area contributed by atoms with Crippen molar-refractivity contribution in [3.05, 3.63) is 35.9 Å². The highest BCUT2D eigenvalue weighted by molar-refractivity contribution is 9.09. The third kappa shape index (κ3) is 3.06. The first kappa shape index (κ1) is 10.1. The average molecular weight is 243 g/mol. The zero-order valence-corrected chi connectivity index (χ0v) is 8.62. The van der Waals surface area contributed by atoms with Crippen LogP contribution in [0.5, 0.6) is 0 Å². The highest BCUT2D eigenvalue weighted by Crippen LogP contribution is 2.14. The molecule has 1 aromatic carbocycles. The number of halogens is 1. The second kappa shape index (κ2) is 4.87. The van der Waals surface area contributed by atoms with Crippen molar-refractivity contribution < 1.29 is 4.79 Å². The number of rotatable bonds is 3. The smallest absolute Gasteiger partial charge is 0.312 e. The molecular weight excluding hydrogens is 232 g/mol. The van der Waals surface area contributed by atoms with Crippen LogP contribution in [0.4, 0.5) is 4.79 Å². The van der Waals surface area contributed by atoms with Crippen LogP contribution in [0.25, 0.3) is 0 Å². The fraction of sp³-hybridized carbons (Fsp3) is 0.222. The molecule has 2 amide bonds. The Morgan fingerprint density at radius 1 is 1.46 bits per heavy atom. The monoisotopic (exact) mass is 242 g/mol. The van der Waals surface area contributed by atoms with Crippen LogP contribution in [0.2, 0.25) is 0 Å². The van der Waals surface area contributed by atoms with Gasteiger partial charge in [0.2, 0.25) is 0 Å². The standard InChI is InChI=1S/C9H11BrN2O/c10-6-8(12-9(11)13)7-4-2-1-3-5-7/h1-5,8H,6H2,(H3,11,12,13). The number of primary amides is 1. The van der Waals surface area contributed by atoms with Crippen molar-refractivity contribution in [2.24, 2.45) is 5.73 Å². The van der Waals surface area contributed by atoms with E-state index in [0.29, 0.717) is 5.33 Å². The van der Waals surface area contributed by atoms with Crippen LogP contribution in [0, 0.1) is 0 Å². The normalized spacial score (nSPS) is 12.1. The fourth-order valence-corrected chi connectivity index (χ4v) is 1.60. The maximum atomic E-state index is 10.6. The van der Waals surface area contributed by atoms with E-state index in [4.69, 9.17) is 5.73 Å². The minimum atomic E-state index is -0.506. The lowest BCUT2D eigenvalue weighted by atomic mass is 10.1. The van der Waals surface area contributed by atoms with Gasteiger partial charge in [0, 0.05) is 5.33 Å². The largest absolute Gasteiger partial charge is 0.352 e. The molecule has 0 fully saturated rings. The number of urea groups is 1. The summed E-state index contributed by atoms with van der Waals surface area (Å²) < 4.78 is 0. The van der Waals surface area contributed by atoms with Gasteiger partial charge in [-0.05, 0) is 5.56 Å². The summed E-state index contributed by atoms with van der Waals surface area (Å²) in [5.74, 6) is 0. The molecule has 0 aliphatic rings. The zero-order valence-electron chi connectivity index (χ0n) is 7.03. The Bertz CT molecular complexity index is 276. The minimum absolute atomic E-state index is 0.0568. The first-order chi connectivity index (χ1) is 6.24. The lowest BCUT2D eigenvalue weighted by Gasteiger charge is -2.14. The molecule has 1 rings (SSSR count). The van der Waals surface area contributed by atoms with Crippen LogP contribution < -0.4 is 11.1 Å². The number of hydrogen-bond donors (Lipinski definition) is 2. The highest BCUT2D eigenvalue weighted by Gasteiger charge is 2.09. The van der Waals surface area contributed by atoms with Gasteiger partial charge in [-0.25, -0.2) is 4.79 Å².